The zero-order chi connectivity index (χ0) is 18.8. The van der Waals surface area contributed by atoms with E-state index >= 15 is 0 Å². The number of rotatable bonds is 4. The molecule has 3 heterocycles. The van der Waals surface area contributed by atoms with E-state index in [0.717, 1.165) is 22.3 Å². The van der Waals surface area contributed by atoms with Crippen molar-refractivity contribution in [2.24, 2.45) is 0 Å². The predicted octanol–water partition coefficient (Wildman–Crippen LogP) is 2.61. The van der Waals surface area contributed by atoms with Gasteiger partial charge in [-0.15, -0.1) is 0 Å². The van der Waals surface area contributed by atoms with Crippen LogP contribution in [0, 0.1) is 6.92 Å². The lowest BCUT2D eigenvalue weighted by molar-refractivity contribution is 0.0940. The number of aromatic nitrogens is 6. The van der Waals surface area contributed by atoms with E-state index in [2.05, 4.69) is 35.7 Å². The summed E-state index contributed by atoms with van der Waals surface area (Å²) in [5.41, 5.74) is 4.47. The molecule has 0 aliphatic carbocycles. The van der Waals surface area contributed by atoms with Crippen molar-refractivity contribution < 1.29 is 4.79 Å². The summed E-state index contributed by atoms with van der Waals surface area (Å²) in [6, 6.07) is 8.67. The van der Waals surface area contributed by atoms with Gasteiger partial charge in [0, 0.05) is 41.0 Å². The van der Waals surface area contributed by atoms with Crippen molar-refractivity contribution in [3.63, 3.8) is 0 Å². The summed E-state index contributed by atoms with van der Waals surface area (Å²) in [5.74, 6) is 0.443. The number of carbonyl (C=O) groups excluding carboxylic acids is 1. The molecule has 27 heavy (non-hydrogen) atoms. The van der Waals surface area contributed by atoms with Crippen LogP contribution in [0.2, 0.25) is 0 Å². The second kappa shape index (κ2) is 6.91. The molecule has 8 heteroatoms. The van der Waals surface area contributed by atoms with E-state index in [0.29, 0.717) is 16.9 Å². The molecule has 3 aromatic heterocycles. The highest BCUT2D eigenvalue weighted by Gasteiger charge is 2.16. The monoisotopic (exact) mass is 359 g/mol. The minimum atomic E-state index is -0.239. The van der Waals surface area contributed by atoms with Crippen molar-refractivity contribution in [2.45, 2.75) is 19.9 Å². The van der Waals surface area contributed by atoms with Crippen LogP contribution in [0.25, 0.3) is 22.4 Å². The smallest absolute Gasteiger partial charge is 0.251 e. The van der Waals surface area contributed by atoms with E-state index in [4.69, 9.17) is 0 Å². The summed E-state index contributed by atoms with van der Waals surface area (Å²) >= 11 is 0. The number of fused-ring (bicyclic) bond motifs is 1. The molecule has 0 spiro atoms. The number of carbonyl (C=O) groups is 1. The Hall–Kier alpha value is -3.68. The summed E-state index contributed by atoms with van der Waals surface area (Å²) in [7, 11) is 0. The molecule has 0 unspecified atom stereocenters. The number of aryl methyl sites for hydroxylation is 1. The van der Waals surface area contributed by atoms with Gasteiger partial charge in [-0.1, -0.05) is 0 Å². The third-order valence-corrected chi connectivity index (χ3v) is 4.35. The normalized spacial score (nSPS) is 12.1. The summed E-state index contributed by atoms with van der Waals surface area (Å²) in [4.78, 5) is 25.6. The molecule has 134 valence electrons. The Balaban J connectivity index is 1.53. The first-order valence-electron chi connectivity index (χ1n) is 8.47. The fourth-order valence-corrected chi connectivity index (χ4v) is 2.88. The molecule has 2 N–H and O–H groups in total. The minimum Gasteiger partial charge on any atom is -0.345 e. The third-order valence-electron chi connectivity index (χ3n) is 4.35. The number of hydrogen-bond donors (Lipinski definition) is 2. The molecule has 0 fully saturated rings. The minimum absolute atomic E-state index is 0.190. The molecular formula is C19H17N7O. The number of pyridine rings is 1. The molecule has 1 atom stereocenters. The van der Waals surface area contributed by atoms with Crippen LogP contribution in [-0.4, -0.2) is 36.3 Å². The lowest BCUT2D eigenvalue weighted by Crippen LogP contribution is -2.27. The quantitative estimate of drug-likeness (QED) is 0.580. The number of benzene rings is 1. The number of aromatic amines is 1. The van der Waals surface area contributed by atoms with E-state index in [1.165, 1.54) is 0 Å². The zero-order valence-electron chi connectivity index (χ0n) is 14.8. The topological polar surface area (TPSA) is 109 Å². The fraction of sp³-hybridized carbons (Fsp3) is 0.158. The zero-order valence-corrected chi connectivity index (χ0v) is 14.8. The van der Waals surface area contributed by atoms with Crippen molar-refractivity contribution in [2.75, 3.05) is 0 Å². The van der Waals surface area contributed by atoms with Gasteiger partial charge in [-0.3, -0.25) is 9.78 Å². The van der Waals surface area contributed by atoms with Crippen LogP contribution in [0.3, 0.4) is 0 Å². The second-order valence-electron chi connectivity index (χ2n) is 6.19. The van der Waals surface area contributed by atoms with Gasteiger partial charge in [-0.25, -0.2) is 9.97 Å². The van der Waals surface area contributed by atoms with Gasteiger partial charge in [-0.2, -0.15) is 15.4 Å². The summed E-state index contributed by atoms with van der Waals surface area (Å²) in [6.45, 7) is 3.82. The van der Waals surface area contributed by atoms with Gasteiger partial charge >= 0.3 is 0 Å². The van der Waals surface area contributed by atoms with Gasteiger partial charge in [0.05, 0.1) is 6.04 Å². The number of H-pyrrole nitrogens is 1. The molecule has 0 aliphatic heterocycles. The number of amides is 1. The molecule has 0 aliphatic rings. The molecule has 8 nitrogen and oxygen atoms in total. The fourth-order valence-electron chi connectivity index (χ4n) is 2.88. The molecular weight excluding hydrogens is 342 g/mol. The highest BCUT2D eigenvalue weighted by atomic mass is 16.1. The van der Waals surface area contributed by atoms with Crippen LogP contribution in [0.1, 0.15) is 34.6 Å². The van der Waals surface area contributed by atoms with Crippen LogP contribution in [0.15, 0.2) is 48.9 Å². The predicted molar refractivity (Wildman–Crippen MR) is 99.8 cm³/mol. The maximum atomic E-state index is 12.6. The Kier molecular flexibility index (Phi) is 4.29. The van der Waals surface area contributed by atoms with E-state index in [-0.39, 0.29) is 11.9 Å². The van der Waals surface area contributed by atoms with Crippen LogP contribution in [0.5, 0.6) is 0 Å². The number of hydrogen-bond acceptors (Lipinski definition) is 6. The lowest BCUT2D eigenvalue weighted by atomic mass is 10.1. The Morgan fingerprint density at radius 2 is 1.89 bits per heavy atom. The van der Waals surface area contributed by atoms with Crippen LogP contribution < -0.4 is 5.32 Å². The molecule has 0 radical (unpaired) electrons. The Bertz CT molecular complexity index is 1110. The molecule has 0 bridgehead atoms. The molecule has 1 aromatic carbocycles. The SMILES string of the molecule is Cc1nc(-c2ccncc2)ncc1[C@H](C)NC(=O)c1ccc2n[nH]nc2c1. The first-order chi connectivity index (χ1) is 13.1. The van der Waals surface area contributed by atoms with Crippen molar-refractivity contribution in [1.29, 1.82) is 0 Å². The third kappa shape index (κ3) is 3.37. The average molecular weight is 359 g/mol. The largest absolute Gasteiger partial charge is 0.345 e. The van der Waals surface area contributed by atoms with Crippen LogP contribution >= 0.6 is 0 Å². The molecule has 0 saturated carbocycles. The molecule has 1 amide bonds. The summed E-state index contributed by atoms with van der Waals surface area (Å²) < 4.78 is 0. The van der Waals surface area contributed by atoms with Crippen LogP contribution in [-0.2, 0) is 0 Å². The van der Waals surface area contributed by atoms with E-state index < -0.39 is 0 Å². The van der Waals surface area contributed by atoms with E-state index in [1.54, 1.807) is 36.8 Å². The van der Waals surface area contributed by atoms with Gasteiger partial charge in [0.15, 0.2) is 5.82 Å². The highest BCUT2D eigenvalue weighted by molar-refractivity contribution is 5.97. The molecule has 0 saturated heterocycles. The second-order valence-corrected chi connectivity index (χ2v) is 6.19. The first-order valence-corrected chi connectivity index (χ1v) is 8.47. The Morgan fingerprint density at radius 3 is 2.67 bits per heavy atom. The standard InChI is InChI=1S/C19H17N7O/c1-11-15(10-21-18(22-11)13-5-7-20-8-6-13)12(2)23-19(27)14-3-4-16-17(9-14)25-26-24-16/h3-10,12H,1-2H3,(H,23,27)(H,24,25,26)/t12-/m0/s1. The highest BCUT2D eigenvalue weighted by Crippen LogP contribution is 2.20. The van der Waals surface area contributed by atoms with Gasteiger partial charge in [0.1, 0.15) is 11.0 Å². The number of nitrogens with zero attached hydrogens (tertiary/aromatic N) is 5. The van der Waals surface area contributed by atoms with Crippen LogP contribution in [0.4, 0.5) is 0 Å². The first kappa shape index (κ1) is 16.8. The summed E-state index contributed by atoms with van der Waals surface area (Å²) in [6.07, 6.45) is 5.16. The maximum Gasteiger partial charge on any atom is 0.251 e. The van der Waals surface area contributed by atoms with Crippen molar-refractivity contribution in [1.82, 2.24) is 35.7 Å². The lowest BCUT2D eigenvalue weighted by Gasteiger charge is -2.16. The van der Waals surface area contributed by atoms with Crippen molar-refractivity contribution >= 4 is 16.9 Å². The Labute approximate surface area is 155 Å². The van der Waals surface area contributed by atoms with Gasteiger partial charge in [0.2, 0.25) is 0 Å². The van der Waals surface area contributed by atoms with E-state index in [1.807, 2.05) is 26.0 Å². The Morgan fingerprint density at radius 1 is 1.11 bits per heavy atom. The van der Waals surface area contributed by atoms with Gasteiger partial charge in [0.25, 0.3) is 5.91 Å². The van der Waals surface area contributed by atoms with Gasteiger partial charge in [-0.05, 0) is 44.2 Å². The van der Waals surface area contributed by atoms with Gasteiger partial charge < -0.3 is 5.32 Å². The number of nitrogens with one attached hydrogen (secondary N) is 2. The molecule has 4 aromatic rings. The van der Waals surface area contributed by atoms with Crippen molar-refractivity contribution in [3.05, 3.63) is 65.7 Å². The molecule has 4 rings (SSSR count). The summed E-state index contributed by atoms with van der Waals surface area (Å²) in [5, 5.41) is 13.5. The van der Waals surface area contributed by atoms with Crippen molar-refractivity contribution in [3.8, 4) is 11.4 Å². The maximum absolute atomic E-state index is 12.6. The average Bonchev–Trinajstić information content (AvgIpc) is 3.16. The van der Waals surface area contributed by atoms with E-state index in [9.17, 15) is 4.79 Å².